The number of piperidine rings is 1. The lowest BCUT2D eigenvalue weighted by molar-refractivity contribution is -0.223. The van der Waals surface area contributed by atoms with Crippen LogP contribution < -0.4 is 0 Å². The zero-order valence-electron chi connectivity index (χ0n) is 11.2. The zero-order valence-corrected chi connectivity index (χ0v) is 11.2. The SMILES string of the molecule is O=C(C1CCCOC1)N1CCC(C(O)C(F)(F)F)CC1. The van der Waals surface area contributed by atoms with Gasteiger partial charge in [0.2, 0.25) is 5.91 Å². The van der Waals surface area contributed by atoms with Gasteiger partial charge in [0.05, 0.1) is 12.5 Å². The summed E-state index contributed by atoms with van der Waals surface area (Å²) in [4.78, 5) is 13.8. The average molecular weight is 295 g/mol. The molecule has 2 aliphatic rings. The van der Waals surface area contributed by atoms with Gasteiger partial charge in [0, 0.05) is 19.7 Å². The Morgan fingerprint density at radius 3 is 2.40 bits per heavy atom. The molecule has 20 heavy (non-hydrogen) atoms. The van der Waals surface area contributed by atoms with E-state index in [2.05, 4.69) is 0 Å². The second kappa shape index (κ2) is 6.30. The van der Waals surface area contributed by atoms with Crippen LogP contribution in [0.15, 0.2) is 0 Å². The van der Waals surface area contributed by atoms with Gasteiger partial charge < -0.3 is 14.7 Å². The van der Waals surface area contributed by atoms with Crippen LogP contribution in [0.2, 0.25) is 0 Å². The molecule has 0 spiro atoms. The van der Waals surface area contributed by atoms with Crippen molar-refractivity contribution in [1.82, 2.24) is 4.90 Å². The van der Waals surface area contributed by atoms with Gasteiger partial charge in [-0.3, -0.25) is 4.79 Å². The molecule has 0 aromatic carbocycles. The fraction of sp³-hybridized carbons (Fsp3) is 0.923. The van der Waals surface area contributed by atoms with Crippen LogP contribution in [0.1, 0.15) is 25.7 Å². The van der Waals surface area contributed by atoms with Crippen molar-refractivity contribution in [3.05, 3.63) is 0 Å². The third kappa shape index (κ3) is 3.63. The number of carbonyl (C=O) groups excluding carboxylic acids is 1. The number of ether oxygens (including phenoxy) is 1. The summed E-state index contributed by atoms with van der Waals surface area (Å²) in [5, 5.41) is 9.24. The van der Waals surface area contributed by atoms with Crippen LogP contribution in [0, 0.1) is 11.8 Å². The van der Waals surface area contributed by atoms with Crippen molar-refractivity contribution in [1.29, 1.82) is 0 Å². The Bertz CT molecular complexity index is 334. The largest absolute Gasteiger partial charge is 0.414 e. The normalized spacial score (nSPS) is 27.4. The molecular weight excluding hydrogens is 275 g/mol. The number of alkyl halides is 3. The number of aliphatic hydroxyl groups is 1. The van der Waals surface area contributed by atoms with Crippen LogP contribution in [0.3, 0.4) is 0 Å². The smallest absolute Gasteiger partial charge is 0.383 e. The maximum Gasteiger partial charge on any atom is 0.414 e. The molecule has 0 bridgehead atoms. The van der Waals surface area contributed by atoms with E-state index >= 15 is 0 Å². The lowest BCUT2D eigenvalue weighted by atomic mass is 9.90. The highest BCUT2D eigenvalue weighted by atomic mass is 19.4. The fourth-order valence-electron chi connectivity index (χ4n) is 2.90. The summed E-state index contributed by atoms with van der Waals surface area (Å²) < 4.78 is 42.6. The van der Waals surface area contributed by atoms with E-state index < -0.39 is 18.2 Å². The number of rotatable bonds is 2. The number of hydrogen-bond donors (Lipinski definition) is 1. The molecule has 1 amide bonds. The molecule has 2 rings (SSSR count). The molecule has 2 saturated heterocycles. The van der Waals surface area contributed by atoms with Crippen molar-refractivity contribution in [3.8, 4) is 0 Å². The minimum Gasteiger partial charge on any atom is -0.383 e. The van der Waals surface area contributed by atoms with E-state index in [1.165, 1.54) is 0 Å². The van der Waals surface area contributed by atoms with E-state index in [4.69, 9.17) is 4.74 Å². The summed E-state index contributed by atoms with van der Waals surface area (Å²) in [5.74, 6) is -0.987. The Morgan fingerprint density at radius 1 is 1.25 bits per heavy atom. The second-order valence-corrected chi connectivity index (χ2v) is 5.56. The van der Waals surface area contributed by atoms with E-state index in [0.717, 1.165) is 12.8 Å². The van der Waals surface area contributed by atoms with Crippen molar-refractivity contribution < 1.29 is 27.8 Å². The Balaban J connectivity index is 1.83. The first-order chi connectivity index (χ1) is 9.39. The highest BCUT2D eigenvalue weighted by Gasteiger charge is 2.44. The molecule has 2 atom stereocenters. The van der Waals surface area contributed by atoms with Gasteiger partial charge >= 0.3 is 6.18 Å². The monoisotopic (exact) mass is 295 g/mol. The first-order valence-electron chi connectivity index (χ1n) is 7.01. The van der Waals surface area contributed by atoms with E-state index in [0.29, 0.717) is 13.2 Å². The topological polar surface area (TPSA) is 49.8 Å². The lowest BCUT2D eigenvalue weighted by Crippen LogP contribution is -2.47. The summed E-state index contributed by atoms with van der Waals surface area (Å²) >= 11 is 0. The van der Waals surface area contributed by atoms with E-state index in [1.54, 1.807) is 4.90 Å². The molecule has 0 aromatic heterocycles. The summed E-state index contributed by atoms with van der Waals surface area (Å²) in [7, 11) is 0. The molecule has 0 saturated carbocycles. The Kier molecular flexibility index (Phi) is 4.90. The molecule has 0 aromatic rings. The zero-order chi connectivity index (χ0) is 14.8. The molecule has 2 heterocycles. The number of amides is 1. The summed E-state index contributed by atoms with van der Waals surface area (Å²) in [6, 6.07) is 0. The van der Waals surface area contributed by atoms with E-state index in [1.807, 2.05) is 0 Å². The highest BCUT2D eigenvalue weighted by molar-refractivity contribution is 5.79. The van der Waals surface area contributed by atoms with Crippen molar-refractivity contribution in [3.63, 3.8) is 0 Å². The summed E-state index contributed by atoms with van der Waals surface area (Å²) in [6.07, 6.45) is -4.84. The van der Waals surface area contributed by atoms with Gasteiger partial charge in [0.15, 0.2) is 6.10 Å². The minimum absolute atomic E-state index is 0.0235. The van der Waals surface area contributed by atoms with E-state index in [9.17, 15) is 23.1 Å². The Morgan fingerprint density at radius 2 is 1.90 bits per heavy atom. The summed E-state index contributed by atoms with van der Waals surface area (Å²) in [6.45, 7) is 1.65. The molecule has 0 radical (unpaired) electrons. The molecule has 2 aliphatic heterocycles. The van der Waals surface area contributed by atoms with E-state index in [-0.39, 0.29) is 37.8 Å². The molecule has 0 aliphatic carbocycles. The average Bonchev–Trinajstić information content (AvgIpc) is 2.46. The van der Waals surface area contributed by atoms with Crippen LogP contribution in [0.4, 0.5) is 13.2 Å². The highest BCUT2D eigenvalue weighted by Crippen LogP contribution is 2.32. The molecule has 2 fully saturated rings. The van der Waals surface area contributed by atoms with Crippen LogP contribution >= 0.6 is 0 Å². The van der Waals surface area contributed by atoms with Crippen LogP contribution in [-0.2, 0) is 9.53 Å². The van der Waals surface area contributed by atoms with Gasteiger partial charge in [-0.1, -0.05) is 0 Å². The molecule has 4 nitrogen and oxygen atoms in total. The van der Waals surface area contributed by atoms with Crippen molar-refractivity contribution in [2.45, 2.75) is 38.0 Å². The van der Waals surface area contributed by atoms with Gasteiger partial charge in [0.25, 0.3) is 0 Å². The molecular formula is C13H20F3NO3. The third-order valence-corrected chi connectivity index (χ3v) is 4.14. The number of nitrogens with zero attached hydrogens (tertiary/aromatic N) is 1. The first-order valence-corrected chi connectivity index (χ1v) is 7.01. The second-order valence-electron chi connectivity index (χ2n) is 5.56. The minimum atomic E-state index is -4.58. The number of hydrogen-bond acceptors (Lipinski definition) is 3. The number of likely N-dealkylation sites (tertiary alicyclic amines) is 1. The molecule has 2 unspecified atom stereocenters. The molecule has 1 N–H and O–H groups in total. The third-order valence-electron chi connectivity index (χ3n) is 4.14. The Hall–Kier alpha value is -0.820. The molecule has 116 valence electrons. The van der Waals surface area contributed by atoms with Gasteiger partial charge in [-0.25, -0.2) is 0 Å². The lowest BCUT2D eigenvalue weighted by Gasteiger charge is -2.36. The first kappa shape index (κ1) is 15.6. The number of aliphatic hydroxyl groups excluding tert-OH is 1. The van der Waals surface area contributed by atoms with Crippen molar-refractivity contribution in [2.24, 2.45) is 11.8 Å². The Labute approximate surface area is 115 Å². The predicted octanol–water partition coefficient (Wildman–Crippen LogP) is 1.57. The fourth-order valence-corrected chi connectivity index (χ4v) is 2.90. The summed E-state index contributed by atoms with van der Waals surface area (Å²) in [5.41, 5.74) is 0. The van der Waals surface area contributed by atoms with Crippen LogP contribution in [0.25, 0.3) is 0 Å². The maximum atomic E-state index is 12.4. The van der Waals surface area contributed by atoms with Gasteiger partial charge in [-0.2, -0.15) is 13.2 Å². The number of carbonyl (C=O) groups is 1. The van der Waals surface area contributed by atoms with Crippen LogP contribution in [-0.4, -0.2) is 54.5 Å². The van der Waals surface area contributed by atoms with Crippen molar-refractivity contribution >= 4 is 5.91 Å². The van der Waals surface area contributed by atoms with Gasteiger partial charge in [-0.05, 0) is 31.6 Å². The predicted molar refractivity (Wildman–Crippen MR) is 64.9 cm³/mol. The standard InChI is InChI=1S/C13H20F3NO3/c14-13(15,16)11(18)9-3-5-17(6-4-9)12(19)10-2-1-7-20-8-10/h9-11,18H,1-8H2. The van der Waals surface area contributed by atoms with Crippen molar-refractivity contribution in [2.75, 3.05) is 26.3 Å². The van der Waals surface area contributed by atoms with Crippen LogP contribution in [0.5, 0.6) is 0 Å². The van der Waals surface area contributed by atoms with Gasteiger partial charge in [0.1, 0.15) is 0 Å². The van der Waals surface area contributed by atoms with Gasteiger partial charge in [-0.15, -0.1) is 0 Å². The molecule has 7 heteroatoms. The number of halogens is 3. The quantitative estimate of drug-likeness (QED) is 0.841. The maximum absolute atomic E-state index is 12.4.